The molecule has 5 nitrogen and oxygen atoms in total. The van der Waals surface area contributed by atoms with Gasteiger partial charge in [-0.15, -0.1) is 5.10 Å². The van der Waals surface area contributed by atoms with Gasteiger partial charge in [-0.3, -0.25) is 0 Å². The maximum Gasteiger partial charge on any atom is 1.00 e. The molecule has 0 aliphatic carbocycles. The third kappa shape index (κ3) is 2.50. The van der Waals surface area contributed by atoms with Crippen molar-refractivity contribution in [3.05, 3.63) is 17.2 Å². The number of aromatic nitrogens is 2. The molecule has 0 saturated heterocycles. The summed E-state index contributed by atoms with van der Waals surface area (Å²) in [5.41, 5.74) is 0.479. The molecular weight excluding hydrogens is 271 g/mol. The van der Waals surface area contributed by atoms with Crippen LogP contribution in [0.4, 0.5) is 0 Å². The van der Waals surface area contributed by atoms with Gasteiger partial charge in [0, 0.05) is 0 Å². The molecule has 0 unspecified atom stereocenters. The molecule has 15 heavy (non-hydrogen) atoms. The molecule has 0 saturated carbocycles. The van der Waals surface area contributed by atoms with Crippen LogP contribution in [0.25, 0.3) is 10.2 Å². The van der Waals surface area contributed by atoms with E-state index in [9.17, 15) is 13.0 Å². The van der Waals surface area contributed by atoms with Gasteiger partial charge in [0.05, 0.1) is 14.6 Å². The van der Waals surface area contributed by atoms with Crippen molar-refractivity contribution in [1.82, 2.24) is 9.59 Å². The van der Waals surface area contributed by atoms with Gasteiger partial charge in [-0.25, -0.2) is 8.42 Å². The minimum absolute atomic E-state index is 0. The molecule has 0 radical (unpaired) electrons. The molecule has 0 fully saturated rings. The molecule has 1 aromatic heterocycles. The summed E-state index contributed by atoms with van der Waals surface area (Å²) in [4.78, 5) is -0.433. The predicted molar refractivity (Wildman–Crippen MR) is 50.4 cm³/mol. The summed E-state index contributed by atoms with van der Waals surface area (Å²) in [6.45, 7) is 0. The van der Waals surface area contributed by atoms with E-state index < -0.39 is 15.0 Å². The summed E-state index contributed by atoms with van der Waals surface area (Å²) in [6, 6.07) is 2.53. The van der Waals surface area contributed by atoms with Crippen LogP contribution in [-0.2, 0) is 10.1 Å². The largest absolute Gasteiger partial charge is 1.00 e. The first-order valence-electron chi connectivity index (χ1n) is 3.36. The van der Waals surface area contributed by atoms with Crippen molar-refractivity contribution in [3.8, 4) is 0 Å². The summed E-state index contributed by atoms with van der Waals surface area (Å²) < 4.78 is 36.2. The monoisotopic (exact) mass is 272 g/mol. The Morgan fingerprint density at radius 3 is 2.67 bits per heavy atom. The summed E-state index contributed by atoms with van der Waals surface area (Å²) in [7, 11) is -4.53. The molecule has 2 rings (SSSR count). The quantitative estimate of drug-likeness (QED) is 0.454. The average molecular weight is 273 g/mol. The van der Waals surface area contributed by atoms with Gasteiger partial charge in [-0.2, -0.15) is 0 Å². The van der Waals surface area contributed by atoms with Crippen LogP contribution in [0.5, 0.6) is 0 Å². The Labute approximate surface area is 117 Å². The first-order chi connectivity index (χ1) is 6.50. The topological polar surface area (TPSA) is 83.0 Å². The third-order valence-corrected chi connectivity index (χ3v) is 3.85. The molecule has 1 heterocycles. The number of hydrogen-bond acceptors (Lipinski definition) is 6. The zero-order valence-corrected chi connectivity index (χ0v) is 11.9. The van der Waals surface area contributed by atoms with Crippen molar-refractivity contribution in [3.63, 3.8) is 0 Å². The van der Waals surface area contributed by atoms with Crippen LogP contribution in [0.1, 0.15) is 0 Å². The van der Waals surface area contributed by atoms with Gasteiger partial charge < -0.3 is 4.55 Å². The Kier molecular flexibility index (Phi) is 4.10. The van der Waals surface area contributed by atoms with Crippen molar-refractivity contribution < 1.29 is 42.5 Å². The molecule has 74 valence electrons. The van der Waals surface area contributed by atoms with Gasteiger partial charge in [0.25, 0.3) is 0 Å². The second-order valence-electron chi connectivity index (χ2n) is 2.45. The van der Waals surface area contributed by atoms with E-state index in [0.29, 0.717) is 10.2 Å². The number of nitrogens with zero attached hydrogens (tertiary/aromatic N) is 2. The van der Waals surface area contributed by atoms with E-state index in [1.807, 2.05) is 0 Å². The first kappa shape index (κ1) is 13.3. The zero-order chi connectivity index (χ0) is 10.3. The van der Waals surface area contributed by atoms with E-state index in [-0.39, 0.29) is 34.6 Å². The minimum Gasteiger partial charge on any atom is -0.744 e. The number of hydrogen-bond donors (Lipinski definition) is 0. The van der Waals surface area contributed by atoms with Gasteiger partial charge in [-0.05, 0) is 23.7 Å². The molecule has 0 N–H and O–H groups in total. The summed E-state index contributed by atoms with van der Waals surface area (Å²) >= 11 is 6.67. The molecule has 2 aromatic rings. The molecule has 0 amide bonds. The van der Waals surface area contributed by atoms with E-state index in [0.717, 1.165) is 17.6 Å². The van der Waals surface area contributed by atoms with E-state index in [4.69, 9.17) is 11.6 Å². The number of fused-ring (bicyclic) bond motifs is 1. The molecule has 0 aliphatic rings. The molecule has 1 aromatic carbocycles. The second kappa shape index (κ2) is 4.62. The van der Waals surface area contributed by atoms with E-state index in [2.05, 4.69) is 9.59 Å². The molecule has 9 heteroatoms. The van der Waals surface area contributed by atoms with Crippen LogP contribution in [0, 0.1) is 0 Å². The Morgan fingerprint density at radius 2 is 2.07 bits per heavy atom. The van der Waals surface area contributed by atoms with Crippen LogP contribution in [0.3, 0.4) is 0 Å². The number of rotatable bonds is 1. The molecule has 0 aliphatic heterocycles. The van der Waals surface area contributed by atoms with Crippen LogP contribution in [-0.4, -0.2) is 22.6 Å². The van der Waals surface area contributed by atoms with Crippen molar-refractivity contribution >= 4 is 43.5 Å². The predicted octanol–water partition coefficient (Wildman–Crippen LogP) is -1.75. The fourth-order valence-corrected chi connectivity index (χ4v) is 2.76. The van der Waals surface area contributed by atoms with Crippen molar-refractivity contribution in [1.29, 1.82) is 0 Å². The Hall–Kier alpha value is 0.240. The van der Waals surface area contributed by atoms with Gasteiger partial charge in [0.2, 0.25) is 0 Å². The van der Waals surface area contributed by atoms with E-state index >= 15 is 0 Å². The molecule has 0 spiro atoms. The van der Waals surface area contributed by atoms with Gasteiger partial charge >= 0.3 is 29.6 Å². The number of halogens is 1. The normalized spacial score (nSPS) is 11.3. The zero-order valence-electron chi connectivity index (χ0n) is 7.47. The van der Waals surface area contributed by atoms with Crippen LogP contribution < -0.4 is 29.6 Å². The molecule has 0 bridgehead atoms. The van der Waals surface area contributed by atoms with Gasteiger partial charge in [0.1, 0.15) is 15.6 Å². The SMILES string of the molecule is O=S(=O)([O-])c1ccc2nnsc2c1Cl.[Na+]. The van der Waals surface area contributed by atoms with Crippen LogP contribution in [0.15, 0.2) is 17.0 Å². The Bertz CT molecular complexity index is 597. The average Bonchev–Trinajstić information content (AvgIpc) is 2.50. The van der Waals surface area contributed by atoms with E-state index in [1.165, 1.54) is 6.07 Å². The standard InChI is InChI=1S/C6H3ClN2O3S2.Na/c7-5-4(14(10,11)12)2-1-3-6(5)13-9-8-3;/h1-2H,(H,10,11,12);/q;+1/p-1. The first-order valence-corrected chi connectivity index (χ1v) is 5.92. The fourth-order valence-electron chi connectivity index (χ4n) is 0.992. The van der Waals surface area contributed by atoms with Crippen LogP contribution >= 0.6 is 23.1 Å². The second-order valence-corrected chi connectivity index (χ2v) is 4.93. The fraction of sp³-hybridized carbons (Fsp3) is 0. The molecule has 0 atom stereocenters. The summed E-state index contributed by atoms with van der Waals surface area (Å²) in [5.74, 6) is 0. The van der Waals surface area contributed by atoms with Gasteiger partial charge in [0.15, 0.2) is 0 Å². The summed E-state index contributed by atoms with van der Waals surface area (Å²) in [5, 5.41) is 3.59. The van der Waals surface area contributed by atoms with Crippen molar-refractivity contribution in [2.24, 2.45) is 0 Å². The van der Waals surface area contributed by atoms with Gasteiger partial charge in [-0.1, -0.05) is 16.1 Å². The van der Waals surface area contributed by atoms with Crippen molar-refractivity contribution in [2.75, 3.05) is 0 Å². The number of benzene rings is 1. The smallest absolute Gasteiger partial charge is 0.744 e. The Morgan fingerprint density at radius 1 is 1.40 bits per heavy atom. The van der Waals surface area contributed by atoms with Crippen LogP contribution in [0.2, 0.25) is 5.02 Å². The minimum atomic E-state index is -4.53. The third-order valence-electron chi connectivity index (χ3n) is 1.59. The molecular formula is C6H2ClN2NaO3S2. The van der Waals surface area contributed by atoms with E-state index in [1.54, 1.807) is 0 Å². The summed E-state index contributed by atoms with van der Waals surface area (Å²) in [6.07, 6.45) is 0. The Balaban J connectivity index is 0.00000112. The maximum atomic E-state index is 10.7. The maximum absolute atomic E-state index is 10.7. The van der Waals surface area contributed by atoms with Crippen molar-refractivity contribution in [2.45, 2.75) is 4.90 Å².